The van der Waals surface area contributed by atoms with E-state index in [4.69, 9.17) is 11.6 Å². The van der Waals surface area contributed by atoms with Gasteiger partial charge in [-0.05, 0) is 48.9 Å². The standard InChI is InChI=1S/C9H12ClNS/c1-11-5-6-4-8(6)7-2-3-12-9(7)10/h2-3,6,8,11H,4-5H2,1H3. The van der Waals surface area contributed by atoms with Crippen molar-refractivity contribution in [3.63, 3.8) is 0 Å². The van der Waals surface area contributed by atoms with Gasteiger partial charge < -0.3 is 5.32 Å². The van der Waals surface area contributed by atoms with Gasteiger partial charge in [0, 0.05) is 0 Å². The van der Waals surface area contributed by atoms with Crippen molar-refractivity contribution in [1.82, 2.24) is 5.32 Å². The lowest BCUT2D eigenvalue weighted by Gasteiger charge is -1.96. The fourth-order valence-electron chi connectivity index (χ4n) is 1.69. The minimum atomic E-state index is 0.733. The molecule has 1 nitrogen and oxygen atoms in total. The molecule has 12 heavy (non-hydrogen) atoms. The average Bonchev–Trinajstić information content (AvgIpc) is 2.67. The van der Waals surface area contributed by atoms with Gasteiger partial charge in [0.2, 0.25) is 0 Å². The molecule has 2 rings (SSSR count). The first-order valence-corrected chi connectivity index (χ1v) is 5.46. The predicted molar refractivity (Wildman–Crippen MR) is 54.1 cm³/mol. The van der Waals surface area contributed by atoms with Crippen molar-refractivity contribution in [2.45, 2.75) is 12.3 Å². The molecule has 1 aromatic heterocycles. The summed E-state index contributed by atoms with van der Waals surface area (Å²) < 4.78 is 0.985. The lowest BCUT2D eigenvalue weighted by atomic mass is 10.2. The van der Waals surface area contributed by atoms with Crippen LogP contribution in [0.5, 0.6) is 0 Å². The van der Waals surface area contributed by atoms with E-state index in [1.807, 2.05) is 7.05 Å². The van der Waals surface area contributed by atoms with Crippen LogP contribution in [0.3, 0.4) is 0 Å². The Balaban J connectivity index is 2.01. The Morgan fingerprint density at radius 2 is 2.58 bits per heavy atom. The summed E-state index contributed by atoms with van der Waals surface area (Å²) in [6.07, 6.45) is 1.30. The number of hydrogen-bond acceptors (Lipinski definition) is 2. The predicted octanol–water partition coefficient (Wildman–Crippen LogP) is 2.72. The van der Waals surface area contributed by atoms with Crippen LogP contribution in [0.1, 0.15) is 17.9 Å². The first-order chi connectivity index (χ1) is 5.83. The molecule has 0 saturated heterocycles. The van der Waals surface area contributed by atoms with Gasteiger partial charge in [-0.25, -0.2) is 0 Å². The van der Waals surface area contributed by atoms with Crippen LogP contribution in [0.2, 0.25) is 4.34 Å². The summed E-state index contributed by atoms with van der Waals surface area (Å²) in [4.78, 5) is 0. The van der Waals surface area contributed by atoms with Crippen LogP contribution in [0.25, 0.3) is 0 Å². The van der Waals surface area contributed by atoms with Gasteiger partial charge in [0.15, 0.2) is 0 Å². The number of thiophene rings is 1. The second-order valence-corrected chi connectivity index (χ2v) is 4.83. The monoisotopic (exact) mass is 201 g/mol. The second-order valence-electron chi connectivity index (χ2n) is 3.31. The molecule has 0 aromatic carbocycles. The fourth-order valence-corrected chi connectivity index (χ4v) is 2.73. The smallest absolute Gasteiger partial charge is 0.0963 e. The van der Waals surface area contributed by atoms with Crippen LogP contribution in [0, 0.1) is 5.92 Å². The van der Waals surface area contributed by atoms with Crippen molar-refractivity contribution >= 4 is 22.9 Å². The molecular weight excluding hydrogens is 190 g/mol. The van der Waals surface area contributed by atoms with Crippen LogP contribution in [0.15, 0.2) is 11.4 Å². The molecule has 66 valence electrons. The topological polar surface area (TPSA) is 12.0 Å². The maximum Gasteiger partial charge on any atom is 0.0963 e. The van der Waals surface area contributed by atoms with Gasteiger partial charge in [-0.3, -0.25) is 0 Å². The molecule has 1 aliphatic rings. The minimum absolute atomic E-state index is 0.733. The van der Waals surface area contributed by atoms with E-state index in [-0.39, 0.29) is 0 Å². The molecule has 1 saturated carbocycles. The van der Waals surface area contributed by atoms with E-state index in [2.05, 4.69) is 16.8 Å². The molecule has 1 aliphatic carbocycles. The first-order valence-electron chi connectivity index (χ1n) is 4.20. The van der Waals surface area contributed by atoms with Gasteiger partial charge >= 0.3 is 0 Å². The Bertz CT molecular complexity index is 271. The van der Waals surface area contributed by atoms with E-state index >= 15 is 0 Å². The summed E-state index contributed by atoms with van der Waals surface area (Å²) >= 11 is 7.68. The number of rotatable bonds is 3. The molecule has 0 spiro atoms. The molecule has 0 bridgehead atoms. The third kappa shape index (κ3) is 1.51. The number of nitrogens with one attached hydrogen (secondary N) is 1. The van der Waals surface area contributed by atoms with E-state index in [9.17, 15) is 0 Å². The van der Waals surface area contributed by atoms with E-state index in [0.717, 1.165) is 22.7 Å². The molecule has 1 heterocycles. The average molecular weight is 202 g/mol. The van der Waals surface area contributed by atoms with Gasteiger partial charge in [-0.15, -0.1) is 11.3 Å². The SMILES string of the molecule is CNCC1CC1c1ccsc1Cl. The quantitative estimate of drug-likeness (QED) is 0.793. The maximum absolute atomic E-state index is 6.04. The van der Waals surface area contributed by atoms with Crippen molar-refractivity contribution in [3.8, 4) is 0 Å². The van der Waals surface area contributed by atoms with Gasteiger partial charge in [0.1, 0.15) is 0 Å². The number of halogens is 1. The Labute approximate surface area is 81.7 Å². The maximum atomic E-state index is 6.04. The highest BCUT2D eigenvalue weighted by molar-refractivity contribution is 7.14. The summed E-state index contributed by atoms with van der Waals surface area (Å²) in [6, 6.07) is 2.16. The van der Waals surface area contributed by atoms with Crippen molar-refractivity contribution in [1.29, 1.82) is 0 Å². The first kappa shape index (κ1) is 8.54. The lowest BCUT2D eigenvalue weighted by Crippen LogP contribution is -2.10. The summed E-state index contributed by atoms with van der Waals surface area (Å²) in [5.74, 6) is 1.55. The zero-order chi connectivity index (χ0) is 8.55. The Kier molecular flexibility index (Phi) is 2.40. The van der Waals surface area contributed by atoms with Crippen LogP contribution in [0.4, 0.5) is 0 Å². The summed E-state index contributed by atoms with van der Waals surface area (Å²) in [6.45, 7) is 1.12. The largest absolute Gasteiger partial charge is 0.319 e. The van der Waals surface area contributed by atoms with Crippen LogP contribution in [-0.2, 0) is 0 Å². The van der Waals surface area contributed by atoms with Crippen molar-refractivity contribution in [3.05, 3.63) is 21.3 Å². The normalized spacial score (nSPS) is 27.5. The third-order valence-corrected chi connectivity index (χ3v) is 3.63. The van der Waals surface area contributed by atoms with E-state index < -0.39 is 0 Å². The Morgan fingerprint density at radius 1 is 1.75 bits per heavy atom. The van der Waals surface area contributed by atoms with Crippen molar-refractivity contribution < 1.29 is 0 Å². The van der Waals surface area contributed by atoms with Crippen LogP contribution >= 0.6 is 22.9 Å². The highest BCUT2D eigenvalue weighted by Crippen LogP contribution is 2.50. The molecule has 1 fully saturated rings. The van der Waals surface area contributed by atoms with Gasteiger partial charge in [0.05, 0.1) is 4.34 Å². The van der Waals surface area contributed by atoms with E-state index in [0.29, 0.717) is 0 Å². The Morgan fingerprint density at radius 3 is 3.17 bits per heavy atom. The van der Waals surface area contributed by atoms with Crippen molar-refractivity contribution in [2.75, 3.05) is 13.6 Å². The molecule has 0 radical (unpaired) electrons. The highest BCUT2D eigenvalue weighted by atomic mass is 35.5. The molecule has 2 atom stereocenters. The summed E-state index contributed by atoms with van der Waals surface area (Å²) in [5, 5.41) is 5.28. The molecule has 1 aromatic rings. The van der Waals surface area contributed by atoms with Gasteiger partial charge in [-0.1, -0.05) is 11.6 Å². The van der Waals surface area contributed by atoms with Crippen molar-refractivity contribution in [2.24, 2.45) is 5.92 Å². The van der Waals surface area contributed by atoms with E-state index in [1.165, 1.54) is 12.0 Å². The van der Waals surface area contributed by atoms with Gasteiger partial charge in [-0.2, -0.15) is 0 Å². The fraction of sp³-hybridized carbons (Fsp3) is 0.556. The lowest BCUT2D eigenvalue weighted by molar-refractivity contribution is 0.699. The molecule has 1 N–H and O–H groups in total. The molecule has 2 unspecified atom stereocenters. The second kappa shape index (κ2) is 3.36. The summed E-state index contributed by atoms with van der Waals surface area (Å²) in [7, 11) is 2.00. The molecule has 3 heteroatoms. The molecular formula is C9H12ClNS. The zero-order valence-electron chi connectivity index (χ0n) is 7.01. The molecule has 0 aliphatic heterocycles. The zero-order valence-corrected chi connectivity index (χ0v) is 8.58. The highest BCUT2D eigenvalue weighted by Gasteiger charge is 2.38. The summed E-state index contributed by atoms with van der Waals surface area (Å²) in [5.41, 5.74) is 1.36. The van der Waals surface area contributed by atoms with E-state index in [1.54, 1.807) is 11.3 Å². The number of hydrogen-bond donors (Lipinski definition) is 1. The minimum Gasteiger partial charge on any atom is -0.319 e. The van der Waals surface area contributed by atoms with Gasteiger partial charge in [0.25, 0.3) is 0 Å². The van der Waals surface area contributed by atoms with Crippen LogP contribution in [-0.4, -0.2) is 13.6 Å². The molecule has 0 amide bonds. The Hall–Kier alpha value is -0.0500. The third-order valence-electron chi connectivity index (χ3n) is 2.43. The van der Waals surface area contributed by atoms with Crippen LogP contribution < -0.4 is 5.32 Å².